The maximum absolute atomic E-state index is 5.46. The van der Waals surface area contributed by atoms with Crippen LogP contribution in [0.1, 0.15) is 13.8 Å². The number of hydrogen-bond donors (Lipinski definition) is 0. The fourth-order valence-corrected chi connectivity index (χ4v) is 4.95. The first-order valence-electron chi connectivity index (χ1n) is 7.82. The number of morpholine rings is 1. The topological polar surface area (TPSA) is 12.5 Å². The summed E-state index contributed by atoms with van der Waals surface area (Å²) >= 11 is 0.365. The molecule has 2 aromatic carbocycles. The number of benzene rings is 2. The Balaban J connectivity index is 1.73. The van der Waals surface area contributed by atoms with E-state index in [0.717, 1.165) is 26.3 Å². The fraction of sp³-hybridized carbons (Fsp3) is 0.368. The molecular weight excluding hydrogens is 337 g/mol. The molecule has 2 nitrogen and oxygen atoms in total. The molecule has 1 aliphatic heterocycles. The molecule has 1 fully saturated rings. The van der Waals surface area contributed by atoms with Crippen molar-refractivity contribution in [1.29, 1.82) is 0 Å². The van der Waals surface area contributed by atoms with E-state index in [0.29, 0.717) is 15.0 Å². The van der Waals surface area contributed by atoms with Crippen molar-refractivity contribution in [3.63, 3.8) is 0 Å². The quantitative estimate of drug-likeness (QED) is 0.778. The second-order valence-corrected chi connectivity index (χ2v) is 8.14. The van der Waals surface area contributed by atoms with Crippen LogP contribution < -0.4 is 4.46 Å². The van der Waals surface area contributed by atoms with Gasteiger partial charge in [-0.1, -0.05) is 0 Å². The summed E-state index contributed by atoms with van der Waals surface area (Å²) < 4.78 is 6.91. The average molecular weight is 360 g/mol. The molecule has 0 spiro atoms. The summed E-state index contributed by atoms with van der Waals surface area (Å²) in [5.41, 5.74) is 0.107. The summed E-state index contributed by atoms with van der Waals surface area (Å²) in [5, 5.41) is 2.72. The van der Waals surface area contributed by atoms with E-state index in [4.69, 9.17) is 4.74 Å². The zero-order valence-electron chi connectivity index (χ0n) is 13.3. The number of ether oxygens (including phenoxy) is 1. The molecule has 0 aromatic heterocycles. The SMILES string of the molecule is CC(C)(/C=C/[Se]c1cccc2ccccc12)N1CCOCC1. The van der Waals surface area contributed by atoms with E-state index >= 15 is 0 Å². The Labute approximate surface area is 139 Å². The molecule has 22 heavy (non-hydrogen) atoms. The van der Waals surface area contributed by atoms with E-state index in [1.807, 2.05) is 0 Å². The standard InChI is InChI=1S/C19H23NOSe/c1-19(2,20-11-13-21-14-12-20)10-15-22-18-9-5-7-16-6-3-4-8-17(16)18/h3-10,15H,11-14H2,1-2H3/b15-10+. The minimum atomic E-state index is 0.107. The Morgan fingerprint density at radius 3 is 2.59 bits per heavy atom. The van der Waals surface area contributed by atoms with E-state index < -0.39 is 0 Å². The first kappa shape index (κ1) is 15.8. The molecule has 0 radical (unpaired) electrons. The van der Waals surface area contributed by atoms with E-state index in [9.17, 15) is 0 Å². The van der Waals surface area contributed by atoms with E-state index in [1.165, 1.54) is 15.2 Å². The van der Waals surface area contributed by atoms with Crippen LogP contribution in [0.25, 0.3) is 10.8 Å². The fourth-order valence-electron chi connectivity index (χ4n) is 2.82. The van der Waals surface area contributed by atoms with E-state index in [1.54, 1.807) is 0 Å². The van der Waals surface area contributed by atoms with Crippen LogP contribution in [-0.2, 0) is 4.74 Å². The monoisotopic (exact) mass is 361 g/mol. The van der Waals surface area contributed by atoms with E-state index in [-0.39, 0.29) is 5.54 Å². The Morgan fingerprint density at radius 1 is 1.05 bits per heavy atom. The first-order chi connectivity index (χ1) is 10.7. The third-order valence-electron chi connectivity index (χ3n) is 4.25. The average Bonchev–Trinajstić information content (AvgIpc) is 2.56. The molecule has 2 aromatic rings. The first-order valence-corrected chi connectivity index (χ1v) is 9.66. The number of fused-ring (bicyclic) bond motifs is 1. The van der Waals surface area contributed by atoms with Crippen molar-refractivity contribution in [2.75, 3.05) is 26.3 Å². The maximum atomic E-state index is 5.46. The minimum absolute atomic E-state index is 0.107. The van der Waals surface area contributed by atoms with Gasteiger partial charge in [-0.3, -0.25) is 0 Å². The van der Waals surface area contributed by atoms with Gasteiger partial charge in [-0.2, -0.15) is 0 Å². The molecule has 0 bridgehead atoms. The molecule has 1 aliphatic rings. The van der Waals surface area contributed by atoms with Crippen LogP contribution in [-0.4, -0.2) is 51.7 Å². The van der Waals surface area contributed by atoms with Crippen LogP contribution in [0.15, 0.2) is 53.5 Å². The summed E-state index contributed by atoms with van der Waals surface area (Å²) in [6.45, 7) is 8.36. The molecule has 0 N–H and O–H groups in total. The van der Waals surface area contributed by atoms with Gasteiger partial charge in [-0.25, -0.2) is 0 Å². The van der Waals surface area contributed by atoms with Gasteiger partial charge < -0.3 is 0 Å². The predicted octanol–water partition coefficient (Wildman–Crippen LogP) is 2.79. The van der Waals surface area contributed by atoms with Crippen molar-refractivity contribution in [3.8, 4) is 0 Å². The van der Waals surface area contributed by atoms with Crippen LogP contribution in [0.3, 0.4) is 0 Å². The van der Waals surface area contributed by atoms with Gasteiger partial charge in [0.05, 0.1) is 0 Å². The zero-order chi connectivity index (χ0) is 15.4. The van der Waals surface area contributed by atoms with Crippen LogP contribution in [0.2, 0.25) is 0 Å². The Kier molecular flexibility index (Phi) is 5.00. The van der Waals surface area contributed by atoms with Crippen LogP contribution in [0, 0.1) is 0 Å². The number of hydrogen-bond acceptors (Lipinski definition) is 2. The Morgan fingerprint density at radius 2 is 1.77 bits per heavy atom. The molecule has 0 atom stereocenters. The molecular formula is C19H23NOSe. The molecule has 116 valence electrons. The van der Waals surface area contributed by atoms with E-state index in [2.05, 4.69) is 72.3 Å². The molecule has 3 heteroatoms. The van der Waals surface area contributed by atoms with Crippen molar-refractivity contribution in [2.24, 2.45) is 0 Å². The third kappa shape index (κ3) is 3.61. The third-order valence-corrected chi connectivity index (χ3v) is 6.10. The molecule has 3 rings (SSSR count). The summed E-state index contributed by atoms with van der Waals surface area (Å²) in [6, 6.07) is 15.3. The van der Waals surface area contributed by atoms with Crippen molar-refractivity contribution in [1.82, 2.24) is 4.90 Å². The van der Waals surface area contributed by atoms with Crippen molar-refractivity contribution >= 4 is 30.2 Å². The molecule has 0 saturated carbocycles. The zero-order valence-corrected chi connectivity index (χ0v) is 15.0. The number of rotatable bonds is 4. The predicted molar refractivity (Wildman–Crippen MR) is 94.9 cm³/mol. The molecule has 0 amide bonds. The Bertz CT molecular complexity index is 654. The van der Waals surface area contributed by atoms with Gasteiger partial charge in [0, 0.05) is 0 Å². The summed E-state index contributed by atoms with van der Waals surface area (Å²) in [4.78, 5) is 4.89. The number of nitrogens with zero attached hydrogens (tertiary/aromatic N) is 1. The van der Waals surface area contributed by atoms with Crippen molar-refractivity contribution in [2.45, 2.75) is 19.4 Å². The van der Waals surface area contributed by atoms with Gasteiger partial charge in [-0.05, 0) is 0 Å². The van der Waals surface area contributed by atoms with Crippen LogP contribution in [0.4, 0.5) is 0 Å². The molecule has 0 aliphatic carbocycles. The van der Waals surface area contributed by atoms with Crippen molar-refractivity contribution < 1.29 is 4.74 Å². The van der Waals surface area contributed by atoms with Crippen molar-refractivity contribution in [3.05, 3.63) is 53.5 Å². The summed E-state index contributed by atoms with van der Waals surface area (Å²) in [7, 11) is 0. The van der Waals surface area contributed by atoms with Gasteiger partial charge in [0.15, 0.2) is 0 Å². The van der Waals surface area contributed by atoms with Gasteiger partial charge >= 0.3 is 139 Å². The molecule has 1 heterocycles. The van der Waals surface area contributed by atoms with Gasteiger partial charge in [0.25, 0.3) is 0 Å². The van der Waals surface area contributed by atoms with Crippen LogP contribution >= 0.6 is 0 Å². The second kappa shape index (κ2) is 6.97. The normalized spacial score (nSPS) is 17.4. The van der Waals surface area contributed by atoms with Gasteiger partial charge in [0.1, 0.15) is 0 Å². The molecule has 0 unspecified atom stereocenters. The molecule has 1 saturated heterocycles. The van der Waals surface area contributed by atoms with Crippen LogP contribution in [0.5, 0.6) is 0 Å². The second-order valence-electron chi connectivity index (χ2n) is 6.15. The summed E-state index contributed by atoms with van der Waals surface area (Å²) in [6.07, 6.45) is 2.38. The summed E-state index contributed by atoms with van der Waals surface area (Å²) in [5.74, 6) is 0. The van der Waals surface area contributed by atoms with Gasteiger partial charge in [-0.15, -0.1) is 0 Å². The Hall–Kier alpha value is -1.12. The van der Waals surface area contributed by atoms with Gasteiger partial charge in [0.2, 0.25) is 0 Å².